The summed E-state index contributed by atoms with van der Waals surface area (Å²) in [5, 5.41) is 1.73. The summed E-state index contributed by atoms with van der Waals surface area (Å²) in [7, 11) is 0. The summed E-state index contributed by atoms with van der Waals surface area (Å²) < 4.78 is 18.0. The fourth-order valence-electron chi connectivity index (χ4n) is 3.66. The van der Waals surface area contributed by atoms with Gasteiger partial charge in [-0.2, -0.15) is 0 Å². The van der Waals surface area contributed by atoms with E-state index in [1.54, 1.807) is 13.0 Å². The van der Waals surface area contributed by atoms with Crippen LogP contribution in [0.4, 0.5) is 0 Å². The van der Waals surface area contributed by atoms with Crippen molar-refractivity contribution in [1.82, 2.24) is 0 Å². The topological polar surface area (TPSA) is 44.8 Å². The minimum atomic E-state index is -0.501. The van der Waals surface area contributed by atoms with Crippen molar-refractivity contribution < 1.29 is 19.0 Å². The molecule has 0 bridgehead atoms. The van der Waals surface area contributed by atoms with Crippen molar-refractivity contribution in [3.8, 4) is 17.2 Å². The molecule has 0 amide bonds. The molecule has 0 atom stereocenters. The van der Waals surface area contributed by atoms with Crippen molar-refractivity contribution in [1.29, 1.82) is 0 Å². The Balaban J connectivity index is 1.62. The Hall–Kier alpha value is -4.05. The van der Waals surface area contributed by atoms with Gasteiger partial charge in [-0.15, -0.1) is 0 Å². The fourth-order valence-corrected chi connectivity index (χ4v) is 3.66. The van der Waals surface area contributed by atoms with Crippen LogP contribution in [0.2, 0.25) is 0 Å². The molecule has 0 aliphatic rings. The minimum Gasteiger partial charge on any atom is -0.492 e. The zero-order valence-electron chi connectivity index (χ0n) is 19.3. The second kappa shape index (κ2) is 11.2. The van der Waals surface area contributed by atoms with Crippen LogP contribution in [0.5, 0.6) is 17.2 Å². The van der Waals surface area contributed by atoms with Gasteiger partial charge in [-0.3, -0.25) is 0 Å². The molecule has 0 aromatic heterocycles. The molecule has 0 unspecified atom stereocenters. The lowest BCUT2D eigenvalue weighted by Crippen LogP contribution is -2.11. The Kier molecular flexibility index (Phi) is 7.61. The van der Waals surface area contributed by atoms with Crippen molar-refractivity contribution >= 4 is 16.7 Å². The normalized spacial score (nSPS) is 10.6. The highest BCUT2D eigenvalue weighted by Crippen LogP contribution is 2.42. The number of ether oxygens (including phenoxy) is 3. The second-order valence-electron chi connectivity index (χ2n) is 8.09. The van der Waals surface area contributed by atoms with Crippen LogP contribution in [-0.2, 0) is 17.6 Å². The SMILES string of the molecule is C=C(C)C(=O)Oc1cc(OCCc2ccccc2)c2ccccc2c1OCCc1ccccc1. The lowest BCUT2D eigenvalue weighted by Gasteiger charge is -2.18. The predicted octanol–water partition coefficient (Wildman–Crippen LogP) is 6.56. The monoisotopic (exact) mass is 452 g/mol. The average molecular weight is 453 g/mol. The first-order chi connectivity index (χ1) is 16.6. The van der Waals surface area contributed by atoms with Crippen LogP contribution in [-0.4, -0.2) is 19.2 Å². The van der Waals surface area contributed by atoms with E-state index in [-0.39, 0.29) is 0 Å². The maximum atomic E-state index is 12.4. The molecule has 172 valence electrons. The molecule has 0 aliphatic carbocycles. The maximum absolute atomic E-state index is 12.4. The Bertz CT molecular complexity index is 1260. The molecule has 34 heavy (non-hydrogen) atoms. The smallest absolute Gasteiger partial charge is 0.338 e. The van der Waals surface area contributed by atoms with Crippen LogP contribution in [0.25, 0.3) is 10.8 Å². The van der Waals surface area contributed by atoms with Gasteiger partial charge in [0.15, 0.2) is 11.5 Å². The van der Waals surface area contributed by atoms with E-state index in [9.17, 15) is 4.79 Å². The van der Waals surface area contributed by atoms with Crippen molar-refractivity contribution in [3.05, 3.63) is 114 Å². The predicted molar refractivity (Wildman–Crippen MR) is 136 cm³/mol. The van der Waals surface area contributed by atoms with Gasteiger partial charge in [0.25, 0.3) is 0 Å². The quantitative estimate of drug-likeness (QED) is 0.155. The molecule has 0 spiro atoms. The fraction of sp³-hybridized carbons (Fsp3) is 0.167. The Morgan fingerprint density at radius 1 is 0.706 bits per heavy atom. The molecule has 0 aliphatic heterocycles. The molecule has 4 rings (SSSR count). The van der Waals surface area contributed by atoms with E-state index >= 15 is 0 Å². The number of rotatable bonds is 10. The standard InChI is InChI=1S/C30H28O4/c1-22(2)30(31)34-28-21-27(32-19-17-23-11-5-3-6-12-23)25-15-9-10-16-26(25)29(28)33-20-18-24-13-7-4-8-14-24/h3-16,21H,1,17-20H2,2H3. The Morgan fingerprint density at radius 3 is 1.82 bits per heavy atom. The zero-order chi connectivity index (χ0) is 23.8. The van der Waals surface area contributed by atoms with Gasteiger partial charge in [0.2, 0.25) is 0 Å². The van der Waals surface area contributed by atoms with E-state index < -0.39 is 5.97 Å². The molecule has 0 fully saturated rings. The molecule has 4 aromatic rings. The third-order valence-corrected chi connectivity index (χ3v) is 5.45. The summed E-state index contributed by atoms with van der Waals surface area (Å²) >= 11 is 0. The summed E-state index contributed by atoms with van der Waals surface area (Å²) in [4.78, 5) is 12.4. The molecule has 0 heterocycles. The second-order valence-corrected chi connectivity index (χ2v) is 8.09. The van der Waals surface area contributed by atoms with Crippen LogP contribution < -0.4 is 14.2 Å². The minimum absolute atomic E-state index is 0.315. The summed E-state index contributed by atoms with van der Waals surface area (Å²) in [5.74, 6) is 0.996. The van der Waals surface area contributed by atoms with Crippen molar-refractivity contribution in [3.63, 3.8) is 0 Å². The van der Waals surface area contributed by atoms with Crippen molar-refractivity contribution in [2.75, 3.05) is 13.2 Å². The summed E-state index contributed by atoms with van der Waals surface area (Å²) in [5.41, 5.74) is 2.68. The van der Waals surface area contributed by atoms with Crippen molar-refractivity contribution in [2.24, 2.45) is 0 Å². The number of hydrogen-bond acceptors (Lipinski definition) is 4. The molecule has 4 aromatic carbocycles. The Morgan fingerprint density at radius 2 is 1.24 bits per heavy atom. The molecule has 0 N–H and O–H groups in total. The van der Waals surface area contributed by atoms with Gasteiger partial charge in [-0.05, 0) is 18.1 Å². The molecule has 4 nitrogen and oxygen atoms in total. The molecule has 4 heteroatoms. The largest absolute Gasteiger partial charge is 0.492 e. The number of carbonyl (C=O) groups excluding carboxylic acids is 1. The highest BCUT2D eigenvalue weighted by molar-refractivity contribution is 5.97. The first kappa shape index (κ1) is 23.1. The highest BCUT2D eigenvalue weighted by Gasteiger charge is 2.19. The van der Waals surface area contributed by atoms with Crippen LogP contribution in [0.15, 0.2) is 103 Å². The van der Waals surface area contributed by atoms with E-state index in [1.165, 1.54) is 11.1 Å². The van der Waals surface area contributed by atoms with Crippen molar-refractivity contribution in [2.45, 2.75) is 19.8 Å². The summed E-state index contributed by atoms with van der Waals surface area (Å²) in [6.45, 7) is 6.27. The van der Waals surface area contributed by atoms with Crippen LogP contribution >= 0.6 is 0 Å². The number of esters is 1. The van der Waals surface area contributed by atoms with E-state index in [1.807, 2.05) is 60.7 Å². The first-order valence-corrected chi connectivity index (χ1v) is 11.4. The summed E-state index contributed by atoms with van der Waals surface area (Å²) in [6, 6.07) is 29.9. The van der Waals surface area contributed by atoms with E-state index in [4.69, 9.17) is 14.2 Å². The first-order valence-electron chi connectivity index (χ1n) is 11.4. The molecule has 0 saturated heterocycles. The number of carbonyl (C=O) groups is 1. The van der Waals surface area contributed by atoms with E-state index in [0.29, 0.717) is 36.0 Å². The lowest BCUT2D eigenvalue weighted by molar-refractivity contribution is -0.130. The van der Waals surface area contributed by atoms with Gasteiger partial charge in [-0.25, -0.2) is 4.79 Å². The summed E-state index contributed by atoms with van der Waals surface area (Å²) in [6.07, 6.45) is 1.50. The molecular formula is C30H28O4. The molecular weight excluding hydrogens is 424 g/mol. The maximum Gasteiger partial charge on any atom is 0.338 e. The molecule has 0 radical (unpaired) electrons. The van der Waals surface area contributed by atoms with Gasteiger partial charge in [0.1, 0.15) is 5.75 Å². The van der Waals surface area contributed by atoms with Crippen LogP contribution in [0.1, 0.15) is 18.1 Å². The van der Waals surface area contributed by atoms with Gasteiger partial charge >= 0.3 is 5.97 Å². The van der Waals surface area contributed by atoms with Gasteiger partial charge < -0.3 is 14.2 Å². The van der Waals surface area contributed by atoms with Gasteiger partial charge in [0.05, 0.1) is 13.2 Å². The van der Waals surface area contributed by atoms with Crippen LogP contribution in [0, 0.1) is 0 Å². The third-order valence-electron chi connectivity index (χ3n) is 5.45. The number of benzene rings is 4. The average Bonchev–Trinajstić information content (AvgIpc) is 2.86. The van der Waals surface area contributed by atoms with Gasteiger partial charge in [0, 0.05) is 35.3 Å². The van der Waals surface area contributed by atoms with E-state index in [0.717, 1.165) is 23.6 Å². The highest BCUT2D eigenvalue weighted by atomic mass is 16.6. The number of hydrogen-bond donors (Lipinski definition) is 0. The Labute approximate surface area is 200 Å². The van der Waals surface area contributed by atoms with Crippen LogP contribution in [0.3, 0.4) is 0 Å². The number of fused-ring (bicyclic) bond motifs is 1. The third kappa shape index (κ3) is 5.84. The van der Waals surface area contributed by atoms with E-state index in [2.05, 4.69) is 30.8 Å². The molecule has 0 saturated carbocycles. The lowest BCUT2D eigenvalue weighted by atomic mass is 10.1. The van der Waals surface area contributed by atoms with Gasteiger partial charge in [-0.1, -0.05) is 91.5 Å². The zero-order valence-corrected chi connectivity index (χ0v) is 19.3.